The standard InChI is InChI=1S/C25H24F3N9/c1-36-6-5-18(14-36)37(2)21-4-3-15(9-30-21)10-33-24-34-11-16(8-29)22(35-24)20-13-32-23-19(20)7-17(12-31-23)25(26,27)28/h3-4,7,9,11-13,18H,5-6,10,14H2,1-2H3,(H,31,32)(H,33,34,35). The van der Waals surface area contributed by atoms with E-state index in [1.807, 2.05) is 25.2 Å². The zero-order valence-electron chi connectivity index (χ0n) is 20.2. The number of rotatable bonds is 6. The van der Waals surface area contributed by atoms with Gasteiger partial charge in [0.2, 0.25) is 5.95 Å². The summed E-state index contributed by atoms with van der Waals surface area (Å²) in [6.45, 7) is 2.45. The van der Waals surface area contributed by atoms with Crippen LogP contribution >= 0.6 is 0 Å². The number of halogens is 3. The molecule has 0 amide bonds. The molecule has 190 valence electrons. The monoisotopic (exact) mass is 507 g/mol. The van der Waals surface area contributed by atoms with Crippen molar-refractivity contribution < 1.29 is 13.2 Å². The first-order valence-electron chi connectivity index (χ1n) is 11.6. The van der Waals surface area contributed by atoms with Gasteiger partial charge in [0.25, 0.3) is 0 Å². The van der Waals surface area contributed by atoms with E-state index < -0.39 is 11.7 Å². The van der Waals surface area contributed by atoms with E-state index in [-0.39, 0.29) is 28.2 Å². The lowest BCUT2D eigenvalue weighted by Gasteiger charge is -2.25. The van der Waals surface area contributed by atoms with Gasteiger partial charge in [0.05, 0.1) is 23.0 Å². The molecule has 1 saturated heterocycles. The van der Waals surface area contributed by atoms with Crippen LogP contribution in [0, 0.1) is 11.3 Å². The number of hydrogen-bond donors (Lipinski definition) is 2. The summed E-state index contributed by atoms with van der Waals surface area (Å²) in [6, 6.07) is 7.38. The fourth-order valence-corrected chi connectivity index (χ4v) is 4.43. The Morgan fingerprint density at radius 3 is 2.73 bits per heavy atom. The number of pyridine rings is 2. The van der Waals surface area contributed by atoms with Crippen LogP contribution in [0.2, 0.25) is 0 Å². The third-order valence-corrected chi connectivity index (χ3v) is 6.56. The number of fused-ring (bicyclic) bond motifs is 1. The highest BCUT2D eigenvalue weighted by Gasteiger charge is 2.32. The number of anilines is 2. The average molecular weight is 508 g/mol. The molecule has 1 aliphatic rings. The molecular formula is C25H24F3N9. The number of likely N-dealkylation sites (tertiary alicyclic amines) is 1. The van der Waals surface area contributed by atoms with Gasteiger partial charge in [-0.05, 0) is 37.7 Å². The van der Waals surface area contributed by atoms with Crippen molar-refractivity contribution in [3.05, 3.63) is 59.7 Å². The highest BCUT2D eigenvalue weighted by atomic mass is 19.4. The number of nitrogens with zero attached hydrogens (tertiary/aromatic N) is 7. The van der Waals surface area contributed by atoms with Crippen molar-refractivity contribution >= 4 is 22.8 Å². The minimum absolute atomic E-state index is 0.135. The quantitative estimate of drug-likeness (QED) is 0.402. The van der Waals surface area contributed by atoms with E-state index in [0.29, 0.717) is 18.2 Å². The van der Waals surface area contributed by atoms with E-state index in [1.165, 1.54) is 12.4 Å². The number of nitrogens with one attached hydrogen (secondary N) is 2. The summed E-state index contributed by atoms with van der Waals surface area (Å²) in [7, 11) is 4.16. The maximum atomic E-state index is 13.2. The third-order valence-electron chi connectivity index (χ3n) is 6.56. The molecule has 1 unspecified atom stereocenters. The van der Waals surface area contributed by atoms with E-state index in [9.17, 15) is 18.4 Å². The smallest absolute Gasteiger partial charge is 0.355 e. The van der Waals surface area contributed by atoms with Crippen LogP contribution in [0.15, 0.2) is 43.0 Å². The molecule has 12 heteroatoms. The third kappa shape index (κ3) is 5.03. The molecule has 4 aromatic heterocycles. The summed E-state index contributed by atoms with van der Waals surface area (Å²) >= 11 is 0. The topological polar surface area (TPSA) is 110 Å². The Hall–Kier alpha value is -4.24. The van der Waals surface area contributed by atoms with Gasteiger partial charge in [-0.25, -0.2) is 19.9 Å². The lowest BCUT2D eigenvalue weighted by Crippen LogP contribution is -2.34. The number of aromatic nitrogens is 5. The summed E-state index contributed by atoms with van der Waals surface area (Å²) in [6.07, 6.45) is 1.94. The second-order valence-corrected chi connectivity index (χ2v) is 9.08. The maximum Gasteiger partial charge on any atom is 0.417 e. The van der Waals surface area contributed by atoms with Crippen LogP contribution in [0.3, 0.4) is 0 Å². The molecule has 5 rings (SSSR count). The Bertz CT molecular complexity index is 1460. The highest BCUT2D eigenvalue weighted by Crippen LogP contribution is 2.34. The van der Waals surface area contributed by atoms with E-state index in [1.54, 1.807) is 6.20 Å². The zero-order chi connectivity index (χ0) is 26.2. The van der Waals surface area contributed by atoms with E-state index in [0.717, 1.165) is 43.2 Å². The molecule has 0 bridgehead atoms. The molecule has 37 heavy (non-hydrogen) atoms. The number of H-pyrrole nitrogens is 1. The molecular weight excluding hydrogens is 483 g/mol. The van der Waals surface area contributed by atoms with Crippen molar-refractivity contribution in [1.82, 2.24) is 29.8 Å². The first-order valence-corrected chi connectivity index (χ1v) is 11.6. The summed E-state index contributed by atoms with van der Waals surface area (Å²) in [5.74, 6) is 1.13. The van der Waals surface area contributed by atoms with Crippen LogP contribution in [-0.2, 0) is 12.7 Å². The average Bonchev–Trinajstić information content (AvgIpc) is 3.52. The molecule has 2 N–H and O–H groups in total. The van der Waals surface area contributed by atoms with Gasteiger partial charge in [0, 0.05) is 55.7 Å². The van der Waals surface area contributed by atoms with Crippen LogP contribution in [0.1, 0.15) is 23.1 Å². The molecule has 1 atom stereocenters. The second kappa shape index (κ2) is 9.67. The SMILES string of the molecule is CN1CCC(N(C)c2ccc(CNc3ncc(C#N)c(-c4c[nH]c5ncc(C(F)(F)F)cc45)n3)cn2)C1. The summed E-state index contributed by atoms with van der Waals surface area (Å²) in [5, 5.41) is 12.9. The number of likely N-dealkylation sites (N-methyl/N-ethyl adjacent to an activating group) is 2. The van der Waals surface area contributed by atoms with Crippen molar-refractivity contribution in [2.75, 3.05) is 37.4 Å². The Morgan fingerprint density at radius 1 is 1.22 bits per heavy atom. The Kier molecular flexibility index (Phi) is 6.39. The molecule has 5 heterocycles. The molecule has 0 radical (unpaired) electrons. The molecule has 0 saturated carbocycles. The second-order valence-electron chi connectivity index (χ2n) is 9.08. The molecule has 0 aliphatic carbocycles. The predicted octanol–water partition coefficient (Wildman–Crippen LogP) is 4.06. The van der Waals surface area contributed by atoms with Gasteiger partial charge in [-0.1, -0.05) is 6.07 Å². The lowest BCUT2D eigenvalue weighted by atomic mass is 10.1. The highest BCUT2D eigenvalue weighted by molar-refractivity contribution is 5.94. The number of hydrogen-bond acceptors (Lipinski definition) is 8. The van der Waals surface area contributed by atoms with Gasteiger partial charge >= 0.3 is 6.18 Å². The zero-order valence-corrected chi connectivity index (χ0v) is 20.2. The lowest BCUT2D eigenvalue weighted by molar-refractivity contribution is -0.137. The predicted molar refractivity (Wildman–Crippen MR) is 133 cm³/mol. The van der Waals surface area contributed by atoms with Crippen LogP contribution in [0.4, 0.5) is 24.9 Å². The van der Waals surface area contributed by atoms with E-state index in [4.69, 9.17) is 0 Å². The van der Waals surface area contributed by atoms with Gasteiger partial charge in [0.15, 0.2) is 0 Å². The van der Waals surface area contributed by atoms with Crippen LogP contribution in [0.25, 0.3) is 22.3 Å². The largest absolute Gasteiger partial charge is 0.417 e. The van der Waals surface area contributed by atoms with Gasteiger partial charge in [-0.3, -0.25) is 0 Å². The van der Waals surface area contributed by atoms with Crippen molar-refractivity contribution in [2.45, 2.75) is 25.2 Å². The number of alkyl halides is 3. The van der Waals surface area contributed by atoms with Crippen molar-refractivity contribution in [1.29, 1.82) is 5.26 Å². The number of aromatic amines is 1. The van der Waals surface area contributed by atoms with E-state index >= 15 is 0 Å². The summed E-state index contributed by atoms with van der Waals surface area (Å²) in [5.41, 5.74) is 0.969. The first kappa shape index (κ1) is 24.5. The molecule has 1 aliphatic heterocycles. The first-order chi connectivity index (χ1) is 17.7. The van der Waals surface area contributed by atoms with Gasteiger partial charge in [-0.2, -0.15) is 18.4 Å². The fraction of sp³-hybridized carbons (Fsp3) is 0.320. The molecule has 0 spiro atoms. The normalized spacial score (nSPS) is 16.2. The van der Waals surface area contributed by atoms with Crippen molar-refractivity contribution in [3.8, 4) is 17.3 Å². The molecule has 4 aromatic rings. The van der Waals surface area contributed by atoms with Crippen molar-refractivity contribution in [3.63, 3.8) is 0 Å². The number of nitriles is 1. The Balaban J connectivity index is 1.35. The Labute approximate surface area is 211 Å². The molecule has 9 nitrogen and oxygen atoms in total. The summed E-state index contributed by atoms with van der Waals surface area (Å²) < 4.78 is 39.7. The van der Waals surface area contributed by atoms with Crippen LogP contribution in [0.5, 0.6) is 0 Å². The maximum absolute atomic E-state index is 13.2. The van der Waals surface area contributed by atoms with Crippen molar-refractivity contribution in [2.24, 2.45) is 0 Å². The fourth-order valence-electron chi connectivity index (χ4n) is 4.43. The van der Waals surface area contributed by atoms with E-state index in [2.05, 4.69) is 47.1 Å². The summed E-state index contributed by atoms with van der Waals surface area (Å²) in [4.78, 5) is 24.4. The minimum atomic E-state index is -4.54. The van der Waals surface area contributed by atoms with Crippen LogP contribution < -0.4 is 10.2 Å². The van der Waals surface area contributed by atoms with Gasteiger partial charge < -0.3 is 20.1 Å². The van der Waals surface area contributed by atoms with Crippen LogP contribution in [-0.4, -0.2) is 63.0 Å². The van der Waals surface area contributed by atoms with Gasteiger partial charge in [0.1, 0.15) is 17.5 Å². The Morgan fingerprint density at radius 2 is 2.05 bits per heavy atom. The minimum Gasteiger partial charge on any atom is -0.355 e. The molecule has 1 fully saturated rings. The molecule has 0 aromatic carbocycles. The van der Waals surface area contributed by atoms with Gasteiger partial charge in [-0.15, -0.1) is 0 Å².